The van der Waals surface area contributed by atoms with Crippen LogP contribution in [0.5, 0.6) is 11.5 Å². The summed E-state index contributed by atoms with van der Waals surface area (Å²) >= 11 is 1.54. The lowest BCUT2D eigenvalue weighted by molar-refractivity contribution is 0.0655. The number of aliphatic imine (C=N–C) groups is 1. The molecule has 1 aromatic carbocycles. The molecule has 0 aliphatic heterocycles. The van der Waals surface area contributed by atoms with Gasteiger partial charge in [0, 0.05) is 11.4 Å². The summed E-state index contributed by atoms with van der Waals surface area (Å²) < 4.78 is 11.1. The predicted octanol–water partition coefficient (Wildman–Crippen LogP) is 3.51. The molecule has 2 aromatic rings. The molecule has 3 N–H and O–H groups in total. The molecule has 0 aliphatic rings. The zero-order valence-electron chi connectivity index (χ0n) is 17.1. The molecule has 0 fully saturated rings. The number of nitrogens with one attached hydrogen (secondary N) is 2. The van der Waals surface area contributed by atoms with E-state index in [0.29, 0.717) is 31.4 Å². The minimum atomic E-state index is -0.953. The Hall–Kier alpha value is -2.25. The summed E-state index contributed by atoms with van der Waals surface area (Å²) in [6.45, 7) is 8.13. The Balaban J connectivity index is 2.03. The molecule has 0 saturated carbocycles. The molecule has 0 aliphatic carbocycles. The lowest BCUT2D eigenvalue weighted by Crippen LogP contribution is -2.44. The first-order valence-electron chi connectivity index (χ1n) is 9.58. The van der Waals surface area contributed by atoms with Crippen molar-refractivity contribution in [2.24, 2.45) is 4.99 Å². The standard InChI is InChI=1S/C21H31N3O3S/c1-5-11-27-17-10-9-16(13-18(17)26-4)14-23-20(22-6-2)24-15-21(3,25)19-8-7-12-28-19/h7-10,12-13,25H,5-6,11,14-15H2,1-4H3,(H2,22,23,24). The fourth-order valence-electron chi connectivity index (χ4n) is 2.58. The smallest absolute Gasteiger partial charge is 0.191 e. The molecule has 1 heterocycles. The van der Waals surface area contributed by atoms with Crippen molar-refractivity contribution in [2.45, 2.75) is 39.3 Å². The summed E-state index contributed by atoms with van der Waals surface area (Å²) in [6, 6.07) is 9.73. The third-order valence-corrected chi connectivity index (χ3v) is 5.23. The Kier molecular flexibility index (Phi) is 8.60. The van der Waals surface area contributed by atoms with Crippen molar-refractivity contribution in [1.29, 1.82) is 0 Å². The van der Waals surface area contributed by atoms with Crippen LogP contribution in [0, 0.1) is 0 Å². The fourth-order valence-corrected chi connectivity index (χ4v) is 3.37. The van der Waals surface area contributed by atoms with Crippen LogP contribution in [0.2, 0.25) is 0 Å². The van der Waals surface area contributed by atoms with Crippen molar-refractivity contribution in [3.05, 3.63) is 46.2 Å². The van der Waals surface area contributed by atoms with Crippen LogP contribution in [0.1, 0.15) is 37.6 Å². The van der Waals surface area contributed by atoms with E-state index in [0.717, 1.165) is 29.2 Å². The van der Waals surface area contributed by atoms with E-state index in [9.17, 15) is 5.11 Å². The Morgan fingerprint density at radius 2 is 2.04 bits per heavy atom. The summed E-state index contributed by atoms with van der Waals surface area (Å²) in [5.41, 5.74) is 0.0641. The van der Waals surface area contributed by atoms with Gasteiger partial charge in [-0.2, -0.15) is 0 Å². The van der Waals surface area contributed by atoms with E-state index in [1.807, 2.05) is 42.6 Å². The Bertz CT molecular complexity index is 745. The minimum Gasteiger partial charge on any atom is -0.493 e. The van der Waals surface area contributed by atoms with E-state index >= 15 is 0 Å². The number of methoxy groups -OCH3 is 1. The molecule has 0 bridgehead atoms. The molecule has 1 unspecified atom stereocenters. The minimum absolute atomic E-state index is 0.368. The van der Waals surface area contributed by atoms with Gasteiger partial charge in [0.05, 0.1) is 26.8 Å². The molecular weight excluding hydrogens is 374 g/mol. The molecule has 28 heavy (non-hydrogen) atoms. The first-order chi connectivity index (χ1) is 13.5. The van der Waals surface area contributed by atoms with Gasteiger partial charge in [0.15, 0.2) is 17.5 Å². The van der Waals surface area contributed by atoms with E-state index in [4.69, 9.17) is 9.47 Å². The van der Waals surface area contributed by atoms with Crippen LogP contribution in [-0.4, -0.2) is 37.9 Å². The molecule has 2 rings (SSSR count). The second kappa shape index (κ2) is 10.9. The van der Waals surface area contributed by atoms with E-state index in [2.05, 4.69) is 22.5 Å². The third-order valence-electron chi connectivity index (χ3n) is 4.11. The number of rotatable bonds is 10. The summed E-state index contributed by atoms with van der Waals surface area (Å²) in [6.07, 6.45) is 0.947. The molecule has 1 atom stereocenters. The Labute approximate surface area is 171 Å². The number of thiophene rings is 1. The molecule has 0 spiro atoms. The van der Waals surface area contributed by atoms with Crippen LogP contribution < -0.4 is 20.1 Å². The van der Waals surface area contributed by atoms with Crippen molar-refractivity contribution in [1.82, 2.24) is 10.6 Å². The molecule has 154 valence electrons. The van der Waals surface area contributed by atoms with Crippen LogP contribution >= 0.6 is 11.3 Å². The number of hydrogen-bond acceptors (Lipinski definition) is 5. The highest BCUT2D eigenvalue weighted by atomic mass is 32.1. The van der Waals surface area contributed by atoms with Crippen molar-refractivity contribution >= 4 is 17.3 Å². The maximum absolute atomic E-state index is 10.7. The van der Waals surface area contributed by atoms with Gasteiger partial charge >= 0.3 is 0 Å². The number of hydrogen-bond donors (Lipinski definition) is 3. The largest absolute Gasteiger partial charge is 0.493 e. The predicted molar refractivity (Wildman–Crippen MR) is 115 cm³/mol. The van der Waals surface area contributed by atoms with Crippen molar-refractivity contribution in [3.63, 3.8) is 0 Å². The normalized spacial score (nSPS) is 13.7. The van der Waals surface area contributed by atoms with Gasteiger partial charge in [-0.25, -0.2) is 4.99 Å². The summed E-state index contributed by atoms with van der Waals surface area (Å²) in [5.74, 6) is 2.11. The number of benzene rings is 1. The van der Waals surface area contributed by atoms with Crippen molar-refractivity contribution < 1.29 is 14.6 Å². The first-order valence-corrected chi connectivity index (χ1v) is 10.5. The quantitative estimate of drug-likeness (QED) is 0.417. The molecule has 1 aromatic heterocycles. The third kappa shape index (κ3) is 6.42. The molecule has 0 radical (unpaired) electrons. The van der Waals surface area contributed by atoms with Crippen molar-refractivity contribution in [2.75, 3.05) is 26.8 Å². The van der Waals surface area contributed by atoms with Gasteiger partial charge < -0.3 is 25.2 Å². The maximum atomic E-state index is 10.7. The Morgan fingerprint density at radius 1 is 1.21 bits per heavy atom. The van der Waals surface area contributed by atoms with Crippen LogP contribution in [0.3, 0.4) is 0 Å². The van der Waals surface area contributed by atoms with Crippen LogP contribution in [-0.2, 0) is 12.1 Å². The SMILES string of the molecule is CCCOc1ccc(CN=C(NCC)NCC(C)(O)c2cccs2)cc1OC. The highest BCUT2D eigenvalue weighted by Gasteiger charge is 2.24. The van der Waals surface area contributed by atoms with Crippen LogP contribution in [0.15, 0.2) is 40.7 Å². The Morgan fingerprint density at radius 3 is 2.68 bits per heavy atom. The highest BCUT2D eigenvalue weighted by molar-refractivity contribution is 7.10. The van der Waals surface area contributed by atoms with Crippen LogP contribution in [0.4, 0.5) is 0 Å². The average Bonchev–Trinajstić information content (AvgIpc) is 3.24. The number of ether oxygens (including phenoxy) is 2. The summed E-state index contributed by atoms with van der Waals surface area (Å²) in [7, 11) is 1.64. The second-order valence-corrected chi connectivity index (χ2v) is 7.58. The van der Waals surface area contributed by atoms with Gasteiger partial charge in [-0.3, -0.25) is 0 Å². The van der Waals surface area contributed by atoms with E-state index < -0.39 is 5.60 Å². The van der Waals surface area contributed by atoms with Gasteiger partial charge in [0.2, 0.25) is 0 Å². The van der Waals surface area contributed by atoms with E-state index in [1.165, 1.54) is 0 Å². The zero-order valence-corrected chi connectivity index (χ0v) is 17.9. The molecule has 7 heteroatoms. The summed E-state index contributed by atoms with van der Waals surface area (Å²) in [4.78, 5) is 5.55. The molecule has 0 amide bonds. The van der Waals surface area contributed by atoms with Gasteiger partial charge in [-0.15, -0.1) is 11.3 Å². The van der Waals surface area contributed by atoms with E-state index in [1.54, 1.807) is 25.4 Å². The highest BCUT2D eigenvalue weighted by Crippen LogP contribution is 2.28. The number of aliphatic hydroxyl groups is 1. The van der Waals surface area contributed by atoms with Gasteiger partial charge in [-0.05, 0) is 49.4 Å². The van der Waals surface area contributed by atoms with Crippen LogP contribution in [0.25, 0.3) is 0 Å². The molecular formula is C21H31N3O3S. The fraction of sp³-hybridized carbons (Fsp3) is 0.476. The number of guanidine groups is 1. The monoisotopic (exact) mass is 405 g/mol. The molecule has 0 saturated heterocycles. The van der Waals surface area contributed by atoms with E-state index in [-0.39, 0.29) is 0 Å². The van der Waals surface area contributed by atoms with Gasteiger partial charge in [0.1, 0.15) is 5.60 Å². The number of nitrogens with zero attached hydrogens (tertiary/aromatic N) is 1. The lowest BCUT2D eigenvalue weighted by Gasteiger charge is -2.23. The maximum Gasteiger partial charge on any atom is 0.191 e. The second-order valence-electron chi connectivity index (χ2n) is 6.63. The summed E-state index contributed by atoms with van der Waals surface area (Å²) in [5, 5.41) is 19.1. The first kappa shape index (κ1) is 22.0. The van der Waals surface area contributed by atoms with Gasteiger partial charge in [0.25, 0.3) is 0 Å². The van der Waals surface area contributed by atoms with Gasteiger partial charge in [-0.1, -0.05) is 19.1 Å². The zero-order chi connectivity index (χ0) is 20.4. The average molecular weight is 406 g/mol. The topological polar surface area (TPSA) is 75.1 Å². The molecule has 6 nitrogen and oxygen atoms in total. The lowest BCUT2D eigenvalue weighted by atomic mass is 10.1. The van der Waals surface area contributed by atoms with Crippen molar-refractivity contribution in [3.8, 4) is 11.5 Å².